The largest absolute Gasteiger partial charge is 0.493 e. The molecule has 0 heterocycles. The van der Waals surface area contributed by atoms with Crippen LogP contribution in [-0.4, -0.2) is 41.3 Å². The molecule has 0 aliphatic rings. The summed E-state index contributed by atoms with van der Waals surface area (Å²) in [5, 5.41) is 3.18. The topological polar surface area (TPSA) is 75.2 Å². The van der Waals surface area contributed by atoms with Gasteiger partial charge in [0.25, 0.3) is 0 Å². The van der Waals surface area contributed by atoms with Crippen LogP contribution >= 0.6 is 0 Å². The molecule has 0 spiro atoms. The Morgan fingerprint density at radius 1 is 0.714 bits per heavy atom. The van der Waals surface area contributed by atoms with Gasteiger partial charge in [-0.25, -0.2) is 0 Å². The zero-order chi connectivity index (χ0) is 25.2. The average Bonchev–Trinajstić information content (AvgIpc) is 2.91. The van der Waals surface area contributed by atoms with Crippen molar-refractivity contribution in [1.29, 1.82) is 0 Å². The normalized spacial score (nSPS) is 10.9. The first-order valence-corrected chi connectivity index (χ1v) is 10.8. The molecule has 0 radical (unpaired) electrons. The van der Waals surface area contributed by atoms with E-state index in [1.165, 1.54) is 6.08 Å². The fourth-order valence-electron chi connectivity index (χ4n) is 3.51. The fraction of sp³-hybridized carbons (Fsp3) is 0.179. The minimum absolute atomic E-state index is 0.116. The van der Waals surface area contributed by atoms with Crippen molar-refractivity contribution in [3.63, 3.8) is 0 Å². The molecule has 0 atom stereocenters. The van der Waals surface area contributed by atoms with Crippen LogP contribution in [0.25, 0.3) is 12.2 Å². The molecule has 3 aromatic carbocycles. The third-order valence-electron chi connectivity index (χ3n) is 5.24. The predicted octanol–water partition coefficient (Wildman–Crippen LogP) is 5.71. The molecule has 1 N–H and O–H groups in total. The number of carbonyl (C=O) groups excluding carboxylic acids is 1. The van der Waals surface area contributed by atoms with Gasteiger partial charge in [0.1, 0.15) is 0 Å². The third kappa shape index (κ3) is 5.95. The zero-order valence-electron chi connectivity index (χ0n) is 20.5. The van der Waals surface area contributed by atoms with Gasteiger partial charge in [-0.1, -0.05) is 42.5 Å². The number of ether oxygens (including phenoxy) is 5. The number of methoxy groups -OCH3 is 5. The Bertz CT molecular complexity index is 1190. The van der Waals surface area contributed by atoms with Gasteiger partial charge in [0.05, 0.1) is 41.2 Å². The van der Waals surface area contributed by atoms with Crippen LogP contribution in [0.3, 0.4) is 0 Å². The number of hydrogen-bond donors (Lipinski definition) is 1. The minimum atomic E-state index is -0.116. The molecule has 0 aliphatic carbocycles. The summed E-state index contributed by atoms with van der Waals surface area (Å²) in [5.74, 6) is 2.58. The Balaban J connectivity index is 1.96. The highest BCUT2D eigenvalue weighted by Crippen LogP contribution is 2.40. The molecule has 7 heteroatoms. The SMILES string of the molecule is COc1cc(C=Cc2ccc(OC)c(OC)c2NC=CC(=O)c2ccccc2)cc(OC)c1OC. The van der Waals surface area contributed by atoms with Gasteiger partial charge in [-0.3, -0.25) is 4.79 Å². The molecule has 0 bridgehead atoms. The number of allylic oxidation sites excluding steroid dienone is 1. The Hall–Kier alpha value is -4.39. The molecular formula is C28H29NO6. The Morgan fingerprint density at radius 2 is 1.34 bits per heavy atom. The second-order valence-corrected chi connectivity index (χ2v) is 7.27. The molecule has 7 nitrogen and oxygen atoms in total. The average molecular weight is 476 g/mol. The number of anilines is 1. The third-order valence-corrected chi connectivity index (χ3v) is 5.24. The zero-order valence-corrected chi connectivity index (χ0v) is 20.5. The van der Waals surface area contributed by atoms with Crippen molar-refractivity contribution in [2.75, 3.05) is 40.9 Å². The highest BCUT2D eigenvalue weighted by atomic mass is 16.5. The van der Waals surface area contributed by atoms with E-state index < -0.39 is 0 Å². The first-order chi connectivity index (χ1) is 17.1. The first kappa shape index (κ1) is 25.2. The lowest BCUT2D eigenvalue weighted by molar-refractivity contribution is 0.104. The quantitative estimate of drug-likeness (QED) is 0.216. The lowest BCUT2D eigenvalue weighted by Gasteiger charge is -2.15. The van der Waals surface area contributed by atoms with Gasteiger partial charge in [-0.15, -0.1) is 0 Å². The van der Waals surface area contributed by atoms with E-state index in [1.54, 1.807) is 53.9 Å². The highest BCUT2D eigenvalue weighted by Gasteiger charge is 2.15. The summed E-state index contributed by atoms with van der Waals surface area (Å²) < 4.78 is 27.3. The number of ketones is 1. The maximum atomic E-state index is 12.5. The van der Waals surface area contributed by atoms with E-state index in [4.69, 9.17) is 23.7 Å². The van der Waals surface area contributed by atoms with E-state index in [0.29, 0.717) is 40.0 Å². The maximum absolute atomic E-state index is 12.5. The monoisotopic (exact) mass is 475 g/mol. The van der Waals surface area contributed by atoms with E-state index >= 15 is 0 Å². The minimum Gasteiger partial charge on any atom is -0.493 e. The van der Waals surface area contributed by atoms with E-state index in [-0.39, 0.29) is 5.78 Å². The van der Waals surface area contributed by atoms with Gasteiger partial charge in [-0.2, -0.15) is 0 Å². The maximum Gasteiger partial charge on any atom is 0.203 e. The summed E-state index contributed by atoms with van der Waals surface area (Å²) in [6.45, 7) is 0. The molecule has 35 heavy (non-hydrogen) atoms. The fourth-order valence-corrected chi connectivity index (χ4v) is 3.51. The lowest BCUT2D eigenvalue weighted by Crippen LogP contribution is -2.00. The highest BCUT2D eigenvalue weighted by molar-refractivity contribution is 6.04. The van der Waals surface area contributed by atoms with Crippen LogP contribution in [0, 0.1) is 0 Å². The summed E-state index contributed by atoms with van der Waals surface area (Å²) in [4.78, 5) is 12.5. The van der Waals surface area contributed by atoms with Crippen LogP contribution in [-0.2, 0) is 0 Å². The first-order valence-electron chi connectivity index (χ1n) is 10.8. The van der Waals surface area contributed by atoms with E-state index in [0.717, 1.165) is 11.1 Å². The summed E-state index contributed by atoms with van der Waals surface area (Å²) in [6.07, 6.45) is 6.89. The van der Waals surface area contributed by atoms with Crippen molar-refractivity contribution in [2.24, 2.45) is 0 Å². The number of benzene rings is 3. The van der Waals surface area contributed by atoms with Crippen LogP contribution < -0.4 is 29.0 Å². The van der Waals surface area contributed by atoms with Crippen LogP contribution in [0.1, 0.15) is 21.5 Å². The van der Waals surface area contributed by atoms with Crippen molar-refractivity contribution < 1.29 is 28.5 Å². The number of carbonyl (C=O) groups is 1. The van der Waals surface area contributed by atoms with E-state index in [2.05, 4.69) is 5.32 Å². The van der Waals surface area contributed by atoms with Crippen molar-refractivity contribution in [2.45, 2.75) is 0 Å². The Morgan fingerprint density at radius 3 is 1.91 bits per heavy atom. The predicted molar refractivity (Wildman–Crippen MR) is 138 cm³/mol. The van der Waals surface area contributed by atoms with Gasteiger partial charge in [0.15, 0.2) is 28.8 Å². The molecule has 0 unspecified atom stereocenters. The van der Waals surface area contributed by atoms with Crippen molar-refractivity contribution in [3.05, 3.63) is 83.6 Å². The molecule has 3 aromatic rings. The summed E-state index contributed by atoms with van der Waals surface area (Å²) >= 11 is 0. The number of hydrogen-bond acceptors (Lipinski definition) is 7. The molecule has 0 amide bonds. The number of nitrogens with one attached hydrogen (secondary N) is 1. The molecule has 0 aromatic heterocycles. The van der Waals surface area contributed by atoms with E-state index in [9.17, 15) is 4.79 Å². The molecule has 0 aliphatic heterocycles. The van der Waals surface area contributed by atoms with Gasteiger partial charge in [0, 0.05) is 23.4 Å². The Labute approximate surface area is 205 Å². The molecule has 0 fully saturated rings. The molecule has 0 saturated carbocycles. The molecule has 0 saturated heterocycles. The van der Waals surface area contributed by atoms with Crippen LogP contribution in [0.5, 0.6) is 28.7 Å². The second kappa shape index (κ2) is 12.2. The standard InChI is InChI=1S/C28H29NO6/c1-31-23-14-13-21(12-11-19-17-24(32-2)27(34-4)25(18-19)33-3)26(28(23)35-5)29-16-15-22(30)20-9-7-6-8-10-20/h6-18,29H,1-5H3. The summed E-state index contributed by atoms with van der Waals surface area (Å²) in [6, 6.07) is 16.5. The summed E-state index contributed by atoms with van der Waals surface area (Å²) in [7, 11) is 7.85. The van der Waals surface area contributed by atoms with E-state index in [1.807, 2.05) is 54.6 Å². The van der Waals surface area contributed by atoms with Crippen molar-refractivity contribution in [1.82, 2.24) is 0 Å². The van der Waals surface area contributed by atoms with Gasteiger partial charge >= 0.3 is 0 Å². The van der Waals surface area contributed by atoms with Gasteiger partial charge in [0.2, 0.25) is 5.75 Å². The number of rotatable bonds is 11. The van der Waals surface area contributed by atoms with Crippen molar-refractivity contribution in [3.8, 4) is 28.7 Å². The second-order valence-electron chi connectivity index (χ2n) is 7.27. The van der Waals surface area contributed by atoms with Gasteiger partial charge < -0.3 is 29.0 Å². The van der Waals surface area contributed by atoms with Crippen LogP contribution in [0.4, 0.5) is 5.69 Å². The van der Waals surface area contributed by atoms with Gasteiger partial charge in [-0.05, 0) is 29.8 Å². The smallest absolute Gasteiger partial charge is 0.203 e. The molecule has 182 valence electrons. The molecular weight excluding hydrogens is 446 g/mol. The van der Waals surface area contributed by atoms with Crippen molar-refractivity contribution >= 4 is 23.6 Å². The lowest BCUT2D eigenvalue weighted by atomic mass is 10.1. The summed E-state index contributed by atoms with van der Waals surface area (Å²) in [5.41, 5.74) is 2.90. The molecule has 3 rings (SSSR count). The van der Waals surface area contributed by atoms with Crippen LogP contribution in [0.15, 0.2) is 66.9 Å². The van der Waals surface area contributed by atoms with Crippen LogP contribution in [0.2, 0.25) is 0 Å². The Kier molecular flexibility index (Phi) is 8.78.